The van der Waals surface area contributed by atoms with E-state index in [1.165, 1.54) is 71.7 Å². The Morgan fingerprint density at radius 3 is 1.69 bits per heavy atom. The number of nitrogens with zero attached hydrogens (tertiary/aromatic N) is 19. The molecule has 12 aromatic rings. The largest absolute Gasteiger partial charge is 0.479 e. The molecule has 488 valence electrons. The number of thiazole rings is 2. The monoisotopic (exact) mass is 1310 g/mol. The van der Waals surface area contributed by atoms with Gasteiger partial charge in [0.15, 0.2) is 10.3 Å². The van der Waals surface area contributed by atoms with Crippen LogP contribution in [0.5, 0.6) is 5.88 Å². The minimum absolute atomic E-state index is 0.155. The number of aliphatic hydroxyl groups excluding tert-OH is 2. The minimum Gasteiger partial charge on any atom is -0.479 e. The van der Waals surface area contributed by atoms with Crippen LogP contribution in [0.3, 0.4) is 0 Å². The molecule has 1 aliphatic heterocycles. The SMILES string of the molecule is CCCn1nc2c(c1Nc1nc(-c3ccc(-n4cnc(C)c4)c(CO)n3)cs1)CCC2.CCn1nc2c(c1Nc1cccc(-c3ccc(-n4cnc(C)c4)c(CO)n3)n1)CCCC2.COc1nc(-c2csc(N3CCCn4nc5c(c43)CCCC5)n2)ccc1-n1cnc(C)c1. The lowest BCUT2D eigenvalue weighted by Gasteiger charge is -2.28. The molecule has 0 saturated carbocycles. The number of pyridine rings is 4. The molecule has 13 heterocycles. The molecule has 0 spiro atoms. The van der Waals surface area contributed by atoms with Crippen molar-refractivity contribution in [2.45, 2.75) is 151 Å². The van der Waals surface area contributed by atoms with Gasteiger partial charge in [-0.3, -0.25) is 0 Å². The Balaban J connectivity index is 0.000000123. The van der Waals surface area contributed by atoms with E-state index in [0.717, 1.165) is 168 Å². The van der Waals surface area contributed by atoms with Crippen LogP contribution in [-0.2, 0) is 71.4 Å². The number of aryl methyl sites for hydroxylation is 9. The summed E-state index contributed by atoms with van der Waals surface area (Å²) < 4.78 is 17.6. The fraction of sp³-hybridized carbons (Fsp3) is 0.362. The number of rotatable bonds is 17. The van der Waals surface area contributed by atoms with Crippen LogP contribution in [0.4, 0.5) is 33.5 Å². The van der Waals surface area contributed by atoms with Gasteiger partial charge in [-0.05, 0) is 160 Å². The number of ether oxygens (including phenoxy) is 1. The second-order valence-corrected chi connectivity index (χ2v) is 25.9. The number of anilines is 6. The van der Waals surface area contributed by atoms with Gasteiger partial charge in [-0.2, -0.15) is 15.3 Å². The Morgan fingerprint density at radius 1 is 0.516 bits per heavy atom. The molecule has 3 aliphatic carbocycles. The molecule has 0 radical (unpaired) electrons. The molecule has 16 rings (SSSR count). The van der Waals surface area contributed by atoms with Crippen LogP contribution in [0.15, 0.2) is 103 Å². The van der Waals surface area contributed by atoms with E-state index < -0.39 is 0 Å². The fourth-order valence-electron chi connectivity index (χ4n) is 13.0. The van der Waals surface area contributed by atoms with Crippen LogP contribution < -0.4 is 20.3 Å². The lowest BCUT2D eigenvalue weighted by Crippen LogP contribution is -2.28. The lowest BCUT2D eigenvalue weighted by atomic mass is 9.97. The summed E-state index contributed by atoms with van der Waals surface area (Å²) in [6, 6.07) is 17.6. The zero-order valence-corrected chi connectivity index (χ0v) is 56.0. The number of hydrogen-bond acceptors (Lipinski definition) is 20. The zero-order chi connectivity index (χ0) is 65.1. The van der Waals surface area contributed by atoms with Gasteiger partial charge in [0.1, 0.15) is 40.3 Å². The average molecular weight is 1310 g/mol. The van der Waals surface area contributed by atoms with Crippen molar-refractivity contribution in [3.05, 3.63) is 165 Å². The number of aliphatic hydroxyl groups is 2. The van der Waals surface area contributed by atoms with Gasteiger partial charge in [0.25, 0.3) is 0 Å². The quantitative estimate of drug-likeness (QED) is 0.0660. The number of hydrogen-bond donors (Lipinski definition) is 4. The number of nitrogens with one attached hydrogen (secondary N) is 2. The van der Waals surface area contributed by atoms with Crippen molar-refractivity contribution in [1.29, 1.82) is 0 Å². The Kier molecular flexibility index (Phi) is 18.3. The van der Waals surface area contributed by atoms with Crippen LogP contribution in [0, 0.1) is 20.8 Å². The number of fused-ring (bicyclic) bond motifs is 5. The molecule has 0 atom stereocenters. The fourth-order valence-corrected chi connectivity index (χ4v) is 14.6. The number of methoxy groups -OCH3 is 1. The number of imidazole rings is 3. The molecule has 0 unspecified atom stereocenters. The Hall–Kier alpha value is -9.76. The molecule has 95 heavy (non-hydrogen) atoms. The first-order valence-corrected chi connectivity index (χ1v) is 34.5. The first kappa shape index (κ1) is 62.7. The maximum absolute atomic E-state index is 9.92. The molecule has 0 amide bonds. The molecule has 4 N–H and O–H groups in total. The molecule has 0 aromatic carbocycles. The molecular formula is C69H77N21O3S2. The summed E-state index contributed by atoms with van der Waals surface area (Å²) in [5, 5.41) is 47.2. The summed E-state index contributed by atoms with van der Waals surface area (Å²) in [4.78, 5) is 43.8. The molecule has 26 heteroatoms. The third-order valence-electron chi connectivity index (χ3n) is 17.6. The zero-order valence-electron chi connectivity index (χ0n) is 54.4. The summed E-state index contributed by atoms with van der Waals surface area (Å²) in [7, 11) is 1.64. The first-order chi connectivity index (χ1) is 46.5. The van der Waals surface area contributed by atoms with Gasteiger partial charge in [0.05, 0.1) is 119 Å². The van der Waals surface area contributed by atoms with Crippen molar-refractivity contribution in [2.24, 2.45) is 0 Å². The highest BCUT2D eigenvalue weighted by atomic mass is 32.1. The molecule has 0 fully saturated rings. The van der Waals surface area contributed by atoms with Gasteiger partial charge in [0.2, 0.25) is 5.88 Å². The van der Waals surface area contributed by atoms with E-state index in [4.69, 9.17) is 40.0 Å². The average Bonchev–Trinajstić information content (AvgIpc) is 1.62. The van der Waals surface area contributed by atoms with Crippen molar-refractivity contribution >= 4 is 56.2 Å². The van der Waals surface area contributed by atoms with Crippen molar-refractivity contribution in [1.82, 2.24) is 87.9 Å². The van der Waals surface area contributed by atoms with Crippen molar-refractivity contribution in [3.63, 3.8) is 0 Å². The summed E-state index contributed by atoms with van der Waals surface area (Å²) >= 11 is 3.21. The maximum Gasteiger partial charge on any atom is 0.238 e. The van der Waals surface area contributed by atoms with Gasteiger partial charge in [-0.1, -0.05) is 13.0 Å². The normalized spacial score (nSPS) is 13.9. The third-order valence-corrected chi connectivity index (χ3v) is 19.2. The first-order valence-electron chi connectivity index (χ1n) is 32.8. The topological polar surface area (TPSA) is 261 Å². The minimum atomic E-state index is -0.167. The molecule has 0 saturated heterocycles. The van der Waals surface area contributed by atoms with Crippen LogP contribution in [0.25, 0.3) is 51.2 Å². The second kappa shape index (κ2) is 27.7. The smallest absolute Gasteiger partial charge is 0.238 e. The van der Waals surface area contributed by atoms with Crippen molar-refractivity contribution in [2.75, 3.05) is 29.2 Å². The van der Waals surface area contributed by atoms with Crippen LogP contribution >= 0.6 is 22.7 Å². The predicted octanol–water partition coefficient (Wildman–Crippen LogP) is 12.3. The summed E-state index contributed by atoms with van der Waals surface area (Å²) in [5.74, 6) is 4.68. The Labute approximate surface area is 558 Å². The van der Waals surface area contributed by atoms with E-state index in [2.05, 4.69) is 69.0 Å². The van der Waals surface area contributed by atoms with E-state index in [9.17, 15) is 10.2 Å². The number of aromatic nitrogens is 18. The standard InChI is InChI=1S/C24H27N7O.C23H25N7OS.C22H25N7OS/c1-3-31-24(17-7-4-5-8-18(17)29-31)28-23-10-6-9-19(27-23)20-11-12-22(21(14-32)26-20)30-13-16(2)25-15-30;1-15-12-28(14-24-15)20-9-8-18(25-21(20)31-2)19-13-32-23(26-19)29-10-5-11-30-22(29)16-6-3-4-7-17(16)27-30;1-3-9-29-21(15-5-4-6-16(15)27-29)26-22-25-19(12-31-22)17-7-8-20(18(11-30)24-17)28-10-14(2)23-13-28/h6,9-13,15,32H,3-5,7-8,14H2,1-2H3,(H,27,28);8-9,12-14H,3-7,10-11H2,1-2H3;7-8,10,12-13,30H,3-6,9,11H2,1-2H3,(H,25,26). The van der Waals surface area contributed by atoms with Gasteiger partial charge in [-0.25, -0.2) is 58.9 Å². The Morgan fingerprint density at radius 2 is 1.06 bits per heavy atom. The second-order valence-electron chi connectivity index (χ2n) is 24.2. The third kappa shape index (κ3) is 13.0. The van der Waals surface area contributed by atoms with Gasteiger partial charge in [-0.15, -0.1) is 22.7 Å². The summed E-state index contributed by atoms with van der Waals surface area (Å²) in [6.07, 6.45) is 25.6. The molecule has 0 bridgehead atoms. The van der Waals surface area contributed by atoms with Gasteiger partial charge < -0.3 is 44.2 Å². The van der Waals surface area contributed by atoms with E-state index in [0.29, 0.717) is 23.0 Å². The highest BCUT2D eigenvalue weighted by molar-refractivity contribution is 7.14. The van der Waals surface area contributed by atoms with Gasteiger partial charge >= 0.3 is 0 Å². The molecule has 12 aromatic heterocycles. The summed E-state index contributed by atoms with van der Waals surface area (Å²) in [6.45, 7) is 13.4. The molecular weight excluding hydrogens is 1240 g/mol. The van der Waals surface area contributed by atoms with Crippen molar-refractivity contribution in [3.8, 4) is 57.1 Å². The van der Waals surface area contributed by atoms with E-state index in [1.807, 2.05) is 118 Å². The molecule has 4 aliphatic rings. The van der Waals surface area contributed by atoms with E-state index >= 15 is 0 Å². The lowest BCUT2D eigenvalue weighted by molar-refractivity contribution is 0.276. The Bertz CT molecular complexity index is 4690. The highest BCUT2D eigenvalue weighted by Gasteiger charge is 2.30. The predicted molar refractivity (Wildman–Crippen MR) is 368 cm³/mol. The van der Waals surface area contributed by atoms with Crippen LogP contribution in [0.2, 0.25) is 0 Å². The summed E-state index contributed by atoms with van der Waals surface area (Å²) in [5.41, 5.74) is 18.8. The van der Waals surface area contributed by atoms with E-state index in [-0.39, 0.29) is 13.2 Å². The van der Waals surface area contributed by atoms with E-state index in [1.54, 1.807) is 48.8 Å². The van der Waals surface area contributed by atoms with Crippen LogP contribution in [0.1, 0.15) is 121 Å². The maximum atomic E-state index is 9.92. The van der Waals surface area contributed by atoms with Crippen LogP contribution in [-0.4, -0.2) is 112 Å². The molecule has 24 nitrogen and oxygen atoms in total. The van der Waals surface area contributed by atoms with Gasteiger partial charge in [0, 0.05) is 72.2 Å². The van der Waals surface area contributed by atoms with Crippen molar-refractivity contribution < 1.29 is 14.9 Å². The highest BCUT2D eigenvalue weighted by Crippen LogP contribution is 2.41.